The SMILES string of the molecule is Cc1csc(CCCCNC(=O)c2cc(-c3cc(C)oc3C)nc3c2cnn3C(C)C)n1. The Bertz CT molecular complexity index is 1250. The van der Waals surface area contributed by atoms with Crippen molar-refractivity contribution in [2.45, 2.75) is 59.9 Å². The molecule has 7 nitrogen and oxygen atoms in total. The molecule has 32 heavy (non-hydrogen) atoms. The van der Waals surface area contributed by atoms with Crippen LogP contribution in [-0.2, 0) is 6.42 Å². The van der Waals surface area contributed by atoms with Crippen LogP contribution in [0.5, 0.6) is 0 Å². The molecule has 1 amide bonds. The maximum absolute atomic E-state index is 13.1. The minimum absolute atomic E-state index is 0.107. The van der Waals surface area contributed by atoms with E-state index in [4.69, 9.17) is 9.40 Å². The van der Waals surface area contributed by atoms with Crippen LogP contribution < -0.4 is 5.32 Å². The Labute approximate surface area is 191 Å². The van der Waals surface area contributed by atoms with Gasteiger partial charge in [-0.05, 0) is 66.0 Å². The van der Waals surface area contributed by atoms with E-state index >= 15 is 0 Å². The molecule has 0 aliphatic rings. The monoisotopic (exact) mass is 451 g/mol. The first kappa shape index (κ1) is 22.2. The smallest absolute Gasteiger partial charge is 0.252 e. The van der Waals surface area contributed by atoms with Gasteiger partial charge in [-0.2, -0.15) is 5.10 Å². The number of thiazole rings is 1. The Morgan fingerprint density at radius 1 is 1.19 bits per heavy atom. The minimum atomic E-state index is -0.107. The molecule has 168 valence electrons. The van der Waals surface area contributed by atoms with Crippen LogP contribution in [0.2, 0.25) is 0 Å². The maximum atomic E-state index is 13.1. The fourth-order valence-corrected chi connectivity index (χ4v) is 4.64. The predicted octanol–water partition coefficient (Wildman–Crippen LogP) is 5.41. The van der Waals surface area contributed by atoms with Gasteiger partial charge in [-0.15, -0.1) is 11.3 Å². The Hall–Kier alpha value is -3.00. The third kappa shape index (κ3) is 4.60. The number of carbonyl (C=O) groups excluding carboxylic acids is 1. The van der Waals surface area contributed by atoms with Crippen molar-refractivity contribution in [1.29, 1.82) is 0 Å². The normalized spacial score (nSPS) is 11.6. The van der Waals surface area contributed by atoms with E-state index in [0.29, 0.717) is 17.8 Å². The third-order valence-corrected chi connectivity index (χ3v) is 6.41. The highest BCUT2D eigenvalue weighted by Crippen LogP contribution is 2.30. The number of pyridine rings is 1. The molecule has 0 aliphatic carbocycles. The molecule has 0 spiro atoms. The van der Waals surface area contributed by atoms with Crippen molar-refractivity contribution >= 4 is 28.3 Å². The molecule has 0 radical (unpaired) electrons. The Balaban J connectivity index is 1.55. The zero-order valence-electron chi connectivity index (χ0n) is 19.2. The van der Waals surface area contributed by atoms with Crippen LogP contribution in [0.1, 0.15) is 65.3 Å². The fourth-order valence-electron chi connectivity index (χ4n) is 3.82. The van der Waals surface area contributed by atoms with Gasteiger partial charge >= 0.3 is 0 Å². The van der Waals surface area contributed by atoms with Gasteiger partial charge in [-0.25, -0.2) is 14.6 Å². The Kier molecular flexibility index (Phi) is 6.41. The van der Waals surface area contributed by atoms with Crippen molar-refractivity contribution in [2.75, 3.05) is 6.54 Å². The fraction of sp³-hybridized carbons (Fsp3) is 0.417. The van der Waals surface area contributed by atoms with Crippen LogP contribution in [0.4, 0.5) is 0 Å². The third-order valence-electron chi connectivity index (χ3n) is 5.39. The number of rotatable bonds is 8. The molecule has 4 heterocycles. The lowest BCUT2D eigenvalue weighted by molar-refractivity contribution is 0.0954. The molecule has 4 aromatic heterocycles. The van der Waals surface area contributed by atoms with Gasteiger partial charge in [0.2, 0.25) is 0 Å². The zero-order valence-corrected chi connectivity index (χ0v) is 20.0. The van der Waals surface area contributed by atoms with E-state index < -0.39 is 0 Å². The van der Waals surface area contributed by atoms with E-state index in [2.05, 4.69) is 34.6 Å². The second-order valence-electron chi connectivity index (χ2n) is 8.40. The molecule has 4 rings (SSSR count). The summed E-state index contributed by atoms with van der Waals surface area (Å²) in [5, 5.41) is 11.6. The Morgan fingerprint density at radius 3 is 2.66 bits per heavy atom. The number of hydrogen-bond acceptors (Lipinski definition) is 6. The molecule has 0 fully saturated rings. The van der Waals surface area contributed by atoms with E-state index in [1.807, 2.05) is 37.6 Å². The molecule has 0 bridgehead atoms. The molecule has 8 heteroatoms. The number of aryl methyl sites for hydroxylation is 4. The molecule has 0 aromatic carbocycles. The van der Waals surface area contributed by atoms with Crippen LogP contribution in [0, 0.1) is 20.8 Å². The number of fused-ring (bicyclic) bond motifs is 1. The maximum Gasteiger partial charge on any atom is 0.252 e. The lowest BCUT2D eigenvalue weighted by Gasteiger charge is -2.11. The minimum Gasteiger partial charge on any atom is -0.466 e. The van der Waals surface area contributed by atoms with E-state index in [-0.39, 0.29) is 11.9 Å². The first-order chi connectivity index (χ1) is 15.3. The number of hydrogen-bond donors (Lipinski definition) is 1. The average Bonchev–Trinajstić information content (AvgIpc) is 3.44. The van der Waals surface area contributed by atoms with Crippen LogP contribution in [0.15, 0.2) is 28.1 Å². The van der Waals surface area contributed by atoms with Crippen LogP contribution in [0.25, 0.3) is 22.3 Å². The van der Waals surface area contributed by atoms with E-state index in [1.165, 1.54) is 0 Å². The van der Waals surface area contributed by atoms with Gasteiger partial charge in [0.25, 0.3) is 5.91 Å². The van der Waals surface area contributed by atoms with Crippen molar-refractivity contribution in [3.05, 3.63) is 51.5 Å². The summed E-state index contributed by atoms with van der Waals surface area (Å²) in [7, 11) is 0. The van der Waals surface area contributed by atoms with E-state index in [1.54, 1.807) is 17.5 Å². The van der Waals surface area contributed by atoms with Gasteiger partial charge in [0.15, 0.2) is 5.65 Å². The summed E-state index contributed by atoms with van der Waals surface area (Å²) in [6, 6.07) is 3.94. The number of furan rings is 1. The van der Waals surface area contributed by atoms with E-state index in [0.717, 1.165) is 58.1 Å². The summed E-state index contributed by atoms with van der Waals surface area (Å²) in [5.74, 6) is 1.50. The summed E-state index contributed by atoms with van der Waals surface area (Å²) >= 11 is 1.70. The first-order valence-corrected chi connectivity index (χ1v) is 11.9. The lowest BCUT2D eigenvalue weighted by Crippen LogP contribution is -2.25. The van der Waals surface area contributed by atoms with Crippen molar-refractivity contribution in [3.63, 3.8) is 0 Å². The van der Waals surface area contributed by atoms with Gasteiger partial charge in [-0.1, -0.05) is 0 Å². The quantitative estimate of drug-likeness (QED) is 0.362. The van der Waals surface area contributed by atoms with Gasteiger partial charge in [-0.3, -0.25) is 4.79 Å². The standard InChI is InChI=1S/C24H29N5O2S/c1-14(2)29-23-20(12-26-29)19(11-21(28-23)18-10-16(4)31-17(18)5)24(30)25-9-7-6-8-22-27-15(3)13-32-22/h10-14H,6-9H2,1-5H3,(H,25,30). The molecule has 0 saturated heterocycles. The largest absolute Gasteiger partial charge is 0.466 e. The first-order valence-electron chi connectivity index (χ1n) is 11.0. The number of carbonyl (C=O) groups is 1. The molecule has 4 aromatic rings. The topological polar surface area (TPSA) is 85.8 Å². The molecular formula is C24H29N5O2S. The average molecular weight is 452 g/mol. The van der Waals surface area contributed by atoms with Crippen molar-refractivity contribution in [1.82, 2.24) is 25.1 Å². The second-order valence-corrected chi connectivity index (χ2v) is 9.34. The Morgan fingerprint density at radius 2 is 2.00 bits per heavy atom. The number of unbranched alkanes of at least 4 members (excludes halogenated alkanes) is 1. The zero-order chi connectivity index (χ0) is 22.8. The number of nitrogens with one attached hydrogen (secondary N) is 1. The predicted molar refractivity (Wildman–Crippen MR) is 127 cm³/mol. The summed E-state index contributed by atoms with van der Waals surface area (Å²) in [6.45, 7) is 10.6. The number of aromatic nitrogens is 4. The highest BCUT2D eigenvalue weighted by atomic mass is 32.1. The second kappa shape index (κ2) is 9.24. The van der Waals surface area contributed by atoms with E-state index in [9.17, 15) is 4.79 Å². The highest BCUT2D eigenvalue weighted by molar-refractivity contribution is 7.09. The van der Waals surface area contributed by atoms with Gasteiger partial charge in [0.05, 0.1) is 27.8 Å². The van der Waals surface area contributed by atoms with Crippen molar-refractivity contribution in [2.24, 2.45) is 0 Å². The summed E-state index contributed by atoms with van der Waals surface area (Å²) in [5.41, 5.74) is 3.98. The van der Waals surface area contributed by atoms with Crippen LogP contribution in [0.3, 0.4) is 0 Å². The molecule has 0 aliphatic heterocycles. The van der Waals surface area contributed by atoms with Crippen molar-refractivity contribution in [3.8, 4) is 11.3 Å². The lowest BCUT2D eigenvalue weighted by atomic mass is 10.1. The van der Waals surface area contributed by atoms with Gasteiger partial charge < -0.3 is 9.73 Å². The summed E-state index contributed by atoms with van der Waals surface area (Å²) in [6.07, 6.45) is 4.57. The summed E-state index contributed by atoms with van der Waals surface area (Å²) in [4.78, 5) is 22.5. The highest BCUT2D eigenvalue weighted by Gasteiger charge is 2.20. The number of nitrogens with zero attached hydrogens (tertiary/aromatic N) is 4. The molecular weight excluding hydrogens is 422 g/mol. The molecule has 0 unspecified atom stereocenters. The summed E-state index contributed by atoms with van der Waals surface area (Å²) < 4.78 is 7.56. The van der Waals surface area contributed by atoms with Crippen LogP contribution in [-0.4, -0.2) is 32.2 Å². The number of amides is 1. The molecule has 0 atom stereocenters. The van der Waals surface area contributed by atoms with Crippen molar-refractivity contribution < 1.29 is 9.21 Å². The van der Waals surface area contributed by atoms with Gasteiger partial charge in [0, 0.05) is 29.2 Å². The molecule has 0 saturated carbocycles. The molecule has 1 N–H and O–H groups in total. The van der Waals surface area contributed by atoms with Gasteiger partial charge in [0.1, 0.15) is 11.5 Å². The van der Waals surface area contributed by atoms with Crippen LogP contribution >= 0.6 is 11.3 Å².